The van der Waals surface area contributed by atoms with Crippen molar-refractivity contribution in [2.75, 3.05) is 18.1 Å². The number of esters is 1. The number of nitrogens with zero attached hydrogens (tertiary/aromatic N) is 1. The monoisotopic (exact) mass is 547 g/mol. The van der Waals surface area contributed by atoms with Crippen molar-refractivity contribution in [3.63, 3.8) is 0 Å². The van der Waals surface area contributed by atoms with E-state index in [2.05, 4.69) is 31.2 Å². The molecule has 1 fully saturated rings. The van der Waals surface area contributed by atoms with Gasteiger partial charge in [0.15, 0.2) is 0 Å². The Kier molecular flexibility index (Phi) is 12.2. The smallest absolute Gasteiger partial charge is 0.348 e. The number of carbonyl (C=O) groups excluding carboxylic acids is 2. The van der Waals surface area contributed by atoms with Gasteiger partial charge in [-0.2, -0.15) is 0 Å². The lowest BCUT2D eigenvalue weighted by Crippen LogP contribution is -2.42. The molecule has 1 saturated heterocycles. The van der Waals surface area contributed by atoms with Gasteiger partial charge in [-0.3, -0.25) is 4.79 Å². The number of hydrogen-bond donors (Lipinski definition) is 4. The fraction of sp³-hybridized carbons (Fsp3) is 0.586. The number of aryl methyl sites for hydroxylation is 2. The van der Waals surface area contributed by atoms with Crippen molar-refractivity contribution in [3.05, 3.63) is 51.7 Å². The van der Waals surface area contributed by atoms with Crippen molar-refractivity contribution < 1.29 is 34.8 Å². The van der Waals surface area contributed by atoms with E-state index in [1.807, 2.05) is 11.0 Å². The molecule has 2 heterocycles. The Hall–Kier alpha value is -2.30. The molecule has 38 heavy (non-hydrogen) atoms. The zero-order valence-corrected chi connectivity index (χ0v) is 22.9. The van der Waals surface area contributed by atoms with Crippen LogP contribution < -0.4 is 4.90 Å². The highest BCUT2D eigenvalue weighted by molar-refractivity contribution is 7.13. The molecule has 1 aromatic heterocycles. The molecule has 1 aliphatic rings. The molecule has 3 unspecified atom stereocenters. The Labute approximate surface area is 228 Å². The van der Waals surface area contributed by atoms with E-state index < -0.39 is 37.5 Å². The molecule has 3 rings (SSSR count). The van der Waals surface area contributed by atoms with Crippen molar-refractivity contribution in [2.24, 2.45) is 0 Å². The fourth-order valence-corrected chi connectivity index (χ4v) is 5.72. The molecule has 0 aliphatic carbocycles. The minimum Gasteiger partial charge on any atom is -0.459 e. The summed E-state index contributed by atoms with van der Waals surface area (Å²) >= 11 is 1.31. The van der Waals surface area contributed by atoms with Crippen LogP contribution in [-0.2, 0) is 22.4 Å². The molecule has 4 atom stereocenters. The molecule has 1 aliphatic heterocycles. The number of benzene rings is 1. The number of rotatable bonds is 16. The Morgan fingerprint density at radius 1 is 1.03 bits per heavy atom. The molecule has 0 bridgehead atoms. The van der Waals surface area contributed by atoms with Crippen molar-refractivity contribution in [1.29, 1.82) is 0 Å². The van der Waals surface area contributed by atoms with E-state index in [0.717, 1.165) is 42.7 Å². The molecule has 0 spiro atoms. The second-order valence-corrected chi connectivity index (χ2v) is 11.2. The van der Waals surface area contributed by atoms with Gasteiger partial charge in [-0.05, 0) is 68.4 Å². The van der Waals surface area contributed by atoms with Crippen molar-refractivity contribution in [3.8, 4) is 0 Å². The number of carbonyl (C=O) groups is 2. The predicted octanol–water partition coefficient (Wildman–Crippen LogP) is 3.62. The van der Waals surface area contributed by atoms with E-state index in [0.29, 0.717) is 11.3 Å². The molecule has 1 aromatic carbocycles. The van der Waals surface area contributed by atoms with Crippen molar-refractivity contribution in [2.45, 2.75) is 95.5 Å². The number of anilines is 1. The van der Waals surface area contributed by atoms with Crippen molar-refractivity contribution >= 4 is 28.9 Å². The van der Waals surface area contributed by atoms with Crippen LogP contribution in [0.25, 0.3) is 0 Å². The molecular formula is C29H41NO7S. The van der Waals surface area contributed by atoms with Gasteiger partial charge in [-0.25, -0.2) is 4.79 Å². The van der Waals surface area contributed by atoms with Gasteiger partial charge in [0.05, 0.1) is 6.61 Å². The second kappa shape index (κ2) is 15.3. The van der Waals surface area contributed by atoms with Crippen LogP contribution in [-0.4, -0.2) is 69.9 Å². The maximum absolute atomic E-state index is 12.6. The van der Waals surface area contributed by atoms with Gasteiger partial charge in [-0.15, -0.1) is 11.3 Å². The van der Waals surface area contributed by atoms with Crippen LogP contribution in [0.3, 0.4) is 0 Å². The van der Waals surface area contributed by atoms with Crippen molar-refractivity contribution in [1.82, 2.24) is 0 Å². The average molecular weight is 548 g/mol. The maximum atomic E-state index is 12.6. The number of aliphatic hydroxyl groups excluding tert-OH is 4. The highest BCUT2D eigenvalue weighted by Gasteiger charge is 2.31. The Balaban J connectivity index is 1.45. The first-order chi connectivity index (χ1) is 18.3. The van der Waals surface area contributed by atoms with E-state index in [9.17, 15) is 24.9 Å². The number of unbranched alkanes of at least 4 members (excludes halogenated alkanes) is 3. The maximum Gasteiger partial charge on any atom is 0.348 e. The standard InChI is InChI=1S/C29H41NO7S/c1-2-3-4-5-7-20-10-12-22(13-11-20)30-21(14-17-27(30)34)8-6-9-23-15-16-26(38-23)29(36)37-19-25(33)28(35)24(32)18-31/h10-13,15-16,21,24-25,28,31-33,35H,2-9,14,17-19H2,1H3/t21-,24?,25?,28?/m0/s1. The lowest BCUT2D eigenvalue weighted by atomic mass is 10.0. The molecule has 1 amide bonds. The first-order valence-electron chi connectivity index (χ1n) is 13.7. The Bertz CT molecular complexity index is 1010. The average Bonchev–Trinajstić information content (AvgIpc) is 3.55. The molecule has 9 heteroatoms. The van der Waals surface area contributed by atoms with Gasteiger partial charge >= 0.3 is 5.97 Å². The summed E-state index contributed by atoms with van der Waals surface area (Å²) in [5.41, 5.74) is 2.28. The minimum absolute atomic E-state index is 0.171. The summed E-state index contributed by atoms with van der Waals surface area (Å²) in [7, 11) is 0. The van der Waals surface area contributed by atoms with Gasteiger partial charge in [0.2, 0.25) is 5.91 Å². The van der Waals surface area contributed by atoms with E-state index in [1.165, 1.54) is 42.6 Å². The van der Waals surface area contributed by atoms with E-state index >= 15 is 0 Å². The highest BCUT2D eigenvalue weighted by Crippen LogP contribution is 2.30. The highest BCUT2D eigenvalue weighted by atomic mass is 32.1. The number of ether oxygens (including phenoxy) is 1. The number of amides is 1. The van der Waals surface area contributed by atoms with E-state index in [4.69, 9.17) is 9.84 Å². The van der Waals surface area contributed by atoms with Crippen LogP contribution in [0.5, 0.6) is 0 Å². The minimum atomic E-state index is -1.61. The zero-order chi connectivity index (χ0) is 27.5. The number of thiophene rings is 1. The molecule has 4 N–H and O–H groups in total. The molecule has 8 nitrogen and oxygen atoms in total. The topological polar surface area (TPSA) is 128 Å². The van der Waals surface area contributed by atoms with Gasteiger partial charge in [-0.1, -0.05) is 38.3 Å². The SMILES string of the molecule is CCCCCCc1ccc(N2C(=O)CC[C@@H]2CCCc2ccc(C(=O)OCC(O)C(O)C(O)CO)s2)cc1. The zero-order valence-electron chi connectivity index (χ0n) is 22.1. The number of hydrogen-bond acceptors (Lipinski definition) is 8. The van der Waals surface area contributed by atoms with Crippen LogP contribution in [0, 0.1) is 0 Å². The summed E-state index contributed by atoms with van der Waals surface area (Å²) in [6, 6.07) is 12.1. The molecule has 210 valence electrons. The van der Waals surface area contributed by atoms with Crippen LogP contribution >= 0.6 is 11.3 Å². The summed E-state index contributed by atoms with van der Waals surface area (Å²) in [6.07, 6.45) is 5.34. The lowest BCUT2D eigenvalue weighted by molar-refractivity contribution is -0.117. The molecule has 0 saturated carbocycles. The first kappa shape index (κ1) is 30.2. The Morgan fingerprint density at radius 3 is 2.50 bits per heavy atom. The summed E-state index contributed by atoms with van der Waals surface area (Å²) in [5, 5.41) is 37.7. The first-order valence-corrected chi connectivity index (χ1v) is 14.5. The van der Waals surface area contributed by atoms with Crippen LogP contribution in [0.4, 0.5) is 5.69 Å². The number of aliphatic hydroxyl groups is 4. The normalized spacial score (nSPS) is 18.0. The summed E-state index contributed by atoms with van der Waals surface area (Å²) in [6.45, 7) is 1.01. The quantitative estimate of drug-likeness (QED) is 0.187. The van der Waals surface area contributed by atoms with Gasteiger partial charge < -0.3 is 30.1 Å². The summed E-state index contributed by atoms with van der Waals surface area (Å²) < 4.78 is 5.04. The van der Waals surface area contributed by atoms with Crippen LogP contribution in [0.2, 0.25) is 0 Å². The van der Waals surface area contributed by atoms with Gasteiger partial charge in [0.1, 0.15) is 29.8 Å². The third kappa shape index (κ3) is 8.61. The van der Waals surface area contributed by atoms with Gasteiger partial charge in [0.25, 0.3) is 0 Å². The molecule has 2 aromatic rings. The summed E-state index contributed by atoms with van der Waals surface area (Å²) in [5.74, 6) is -0.446. The van der Waals surface area contributed by atoms with Crippen LogP contribution in [0.15, 0.2) is 36.4 Å². The second-order valence-electron chi connectivity index (χ2n) is 10.00. The third-order valence-corrected chi connectivity index (χ3v) is 8.17. The molecular weight excluding hydrogens is 506 g/mol. The van der Waals surface area contributed by atoms with E-state index in [1.54, 1.807) is 6.07 Å². The Morgan fingerprint density at radius 2 is 1.79 bits per heavy atom. The largest absolute Gasteiger partial charge is 0.459 e. The third-order valence-electron chi connectivity index (χ3n) is 7.04. The molecule has 0 radical (unpaired) electrons. The van der Waals surface area contributed by atoms with Crippen LogP contribution in [0.1, 0.15) is 78.4 Å². The predicted molar refractivity (Wildman–Crippen MR) is 147 cm³/mol. The van der Waals surface area contributed by atoms with Gasteiger partial charge in [0, 0.05) is 23.0 Å². The fourth-order valence-electron chi connectivity index (χ4n) is 4.78. The van der Waals surface area contributed by atoms with E-state index in [-0.39, 0.29) is 11.9 Å². The summed E-state index contributed by atoms with van der Waals surface area (Å²) in [4.78, 5) is 28.3. The lowest BCUT2D eigenvalue weighted by Gasteiger charge is -2.25.